The SMILES string of the molecule is N#CCc1c(CBr)[nH]c(OC(F)(F)F)cc1=O. The fourth-order valence-electron chi connectivity index (χ4n) is 1.18. The van der Waals surface area contributed by atoms with Crippen molar-refractivity contribution in [1.82, 2.24) is 4.98 Å². The molecule has 8 heteroatoms. The molecule has 0 fully saturated rings. The molecule has 0 aliphatic heterocycles. The third-order valence-corrected chi connectivity index (χ3v) is 2.37. The second kappa shape index (κ2) is 5.23. The van der Waals surface area contributed by atoms with Gasteiger partial charge in [-0.05, 0) is 0 Å². The smallest absolute Gasteiger partial charge is 0.390 e. The van der Waals surface area contributed by atoms with Gasteiger partial charge in [-0.25, -0.2) is 0 Å². The number of hydrogen-bond donors (Lipinski definition) is 1. The van der Waals surface area contributed by atoms with E-state index in [9.17, 15) is 18.0 Å². The topological polar surface area (TPSA) is 65.9 Å². The number of rotatable bonds is 3. The molecule has 4 nitrogen and oxygen atoms in total. The monoisotopic (exact) mass is 310 g/mol. The minimum atomic E-state index is -4.87. The largest absolute Gasteiger partial charge is 0.574 e. The Morgan fingerprint density at radius 1 is 1.53 bits per heavy atom. The normalized spacial score (nSPS) is 11.0. The average molecular weight is 311 g/mol. The summed E-state index contributed by atoms with van der Waals surface area (Å²) in [5.74, 6) is -0.696. The predicted molar refractivity (Wildman–Crippen MR) is 55.7 cm³/mol. The van der Waals surface area contributed by atoms with Crippen molar-refractivity contribution < 1.29 is 17.9 Å². The molecule has 0 aromatic carbocycles. The molecule has 0 aliphatic rings. The number of nitrogens with zero attached hydrogens (tertiary/aromatic N) is 1. The van der Waals surface area contributed by atoms with E-state index in [1.165, 1.54) is 0 Å². The molecule has 0 saturated heterocycles. The van der Waals surface area contributed by atoms with Crippen LogP contribution in [-0.2, 0) is 11.8 Å². The van der Waals surface area contributed by atoms with E-state index in [1.807, 2.05) is 0 Å². The molecule has 0 bridgehead atoms. The van der Waals surface area contributed by atoms with Crippen molar-refractivity contribution in [3.05, 3.63) is 27.5 Å². The number of hydrogen-bond acceptors (Lipinski definition) is 3. The van der Waals surface area contributed by atoms with Gasteiger partial charge >= 0.3 is 6.36 Å². The van der Waals surface area contributed by atoms with Gasteiger partial charge in [-0.2, -0.15) is 5.26 Å². The second-order valence-electron chi connectivity index (χ2n) is 2.97. The molecule has 0 spiro atoms. The highest BCUT2D eigenvalue weighted by Crippen LogP contribution is 2.21. The van der Waals surface area contributed by atoms with Crippen molar-refractivity contribution >= 4 is 15.9 Å². The maximum absolute atomic E-state index is 11.9. The Morgan fingerprint density at radius 2 is 2.18 bits per heavy atom. The zero-order chi connectivity index (χ0) is 13.1. The van der Waals surface area contributed by atoms with Crippen molar-refractivity contribution in [2.24, 2.45) is 0 Å². The number of nitrogens with one attached hydrogen (secondary N) is 1. The van der Waals surface area contributed by atoms with Crippen LogP contribution in [0.2, 0.25) is 0 Å². The minimum Gasteiger partial charge on any atom is -0.390 e. The molecule has 1 heterocycles. The Hall–Kier alpha value is -1.49. The highest BCUT2D eigenvalue weighted by molar-refractivity contribution is 9.08. The van der Waals surface area contributed by atoms with E-state index >= 15 is 0 Å². The molecule has 0 amide bonds. The molecule has 17 heavy (non-hydrogen) atoms. The van der Waals surface area contributed by atoms with Gasteiger partial charge in [-0.15, -0.1) is 13.2 Å². The number of nitriles is 1. The highest BCUT2D eigenvalue weighted by Gasteiger charge is 2.32. The summed E-state index contributed by atoms with van der Waals surface area (Å²) in [5.41, 5.74) is -0.351. The molecule has 0 radical (unpaired) electrons. The summed E-state index contributed by atoms with van der Waals surface area (Å²) in [6.07, 6.45) is -5.05. The van der Waals surface area contributed by atoms with Crippen LogP contribution in [-0.4, -0.2) is 11.3 Å². The zero-order valence-electron chi connectivity index (χ0n) is 8.27. The third-order valence-electron chi connectivity index (χ3n) is 1.81. The molecule has 0 saturated carbocycles. The van der Waals surface area contributed by atoms with E-state index in [-0.39, 0.29) is 23.0 Å². The molecule has 1 aromatic rings. The van der Waals surface area contributed by atoms with E-state index in [0.717, 1.165) is 0 Å². The van der Waals surface area contributed by atoms with Gasteiger partial charge in [0.05, 0.1) is 12.5 Å². The van der Waals surface area contributed by atoms with Crippen LogP contribution in [0.4, 0.5) is 13.2 Å². The van der Waals surface area contributed by atoms with E-state index in [1.54, 1.807) is 6.07 Å². The number of aromatic nitrogens is 1. The van der Waals surface area contributed by atoms with E-state index in [2.05, 4.69) is 25.7 Å². The van der Waals surface area contributed by atoms with Crippen molar-refractivity contribution in [3.63, 3.8) is 0 Å². The fraction of sp³-hybridized carbons (Fsp3) is 0.333. The van der Waals surface area contributed by atoms with Gasteiger partial charge in [-0.3, -0.25) is 4.79 Å². The first-order chi connectivity index (χ1) is 7.87. The summed E-state index contributed by atoms with van der Waals surface area (Å²) in [5, 5.41) is 8.61. The van der Waals surface area contributed by atoms with Gasteiger partial charge in [0.1, 0.15) is 0 Å². The maximum Gasteiger partial charge on any atom is 0.574 e. The van der Waals surface area contributed by atoms with E-state index in [0.29, 0.717) is 6.07 Å². The molecule has 1 N–H and O–H groups in total. The van der Waals surface area contributed by atoms with Crippen LogP contribution in [0.5, 0.6) is 5.88 Å². The molecule has 0 aliphatic carbocycles. The van der Waals surface area contributed by atoms with E-state index < -0.39 is 17.7 Å². The number of ether oxygens (including phenoxy) is 1. The first-order valence-electron chi connectivity index (χ1n) is 4.31. The van der Waals surface area contributed by atoms with E-state index in [4.69, 9.17) is 5.26 Å². The summed E-state index contributed by atoms with van der Waals surface area (Å²) < 4.78 is 39.4. The van der Waals surface area contributed by atoms with Crippen molar-refractivity contribution in [3.8, 4) is 11.9 Å². The van der Waals surface area contributed by atoms with Crippen molar-refractivity contribution in [1.29, 1.82) is 5.26 Å². The Bertz CT molecular complexity index is 504. The number of alkyl halides is 4. The molecule has 0 atom stereocenters. The zero-order valence-corrected chi connectivity index (χ0v) is 9.85. The Balaban J connectivity index is 3.19. The third kappa shape index (κ3) is 3.78. The van der Waals surface area contributed by atoms with Crippen molar-refractivity contribution in [2.75, 3.05) is 0 Å². The lowest BCUT2D eigenvalue weighted by atomic mass is 10.1. The van der Waals surface area contributed by atoms with Gasteiger partial charge in [0, 0.05) is 22.7 Å². The quantitative estimate of drug-likeness (QED) is 0.871. The Morgan fingerprint density at radius 3 is 2.65 bits per heavy atom. The maximum atomic E-state index is 11.9. The molecule has 92 valence electrons. The Kier molecular flexibility index (Phi) is 4.17. The van der Waals surface area contributed by atoms with Gasteiger partial charge < -0.3 is 9.72 Å². The molecular formula is C9H6BrF3N2O2. The number of halogens is 4. The van der Waals surface area contributed by atoms with Crippen LogP contribution in [0.15, 0.2) is 10.9 Å². The highest BCUT2D eigenvalue weighted by atomic mass is 79.9. The summed E-state index contributed by atoms with van der Waals surface area (Å²) in [6.45, 7) is 0. The van der Waals surface area contributed by atoms with Crippen LogP contribution < -0.4 is 10.2 Å². The summed E-state index contributed by atoms with van der Waals surface area (Å²) >= 11 is 3.01. The standard InChI is InChI=1S/C9H6BrF3N2O2/c10-4-6-5(1-2-14)7(16)3-8(15-6)17-9(11,12)13/h3H,1,4H2,(H,15,16). The first-order valence-corrected chi connectivity index (χ1v) is 5.43. The van der Waals surface area contributed by atoms with Gasteiger partial charge in [0.2, 0.25) is 5.88 Å². The lowest BCUT2D eigenvalue weighted by Crippen LogP contribution is -2.21. The first kappa shape index (κ1) is 13.6. The van der Waals surface area contributed by atoms with Crippen LogP contribution in [0.25, 0.3) is 0 Å². The Labute approximate surface area is 102 Å². The van der Waals surface area contributed by atoms with Crippen LogP contribution in [0.1, 0.15) is 11.3 Å². The predicted octanol–water partition coefficient (Wildman–Crippen LogP) is 2.23. The van der Waals surface area contributed by atoms with Gasteiger partial charge in [0.15, 0.2) is 5.43 Å². The molecule has 0 unspecified atom stereocenters. The van der Waals surface area contributed by atoms with Crippen molar-refractivity contribution in [2.45, 2.75) is 18.1 Å². The number of H-pyrrole nitrogens is 1. The van der Waals surface area contributed by atoms with Crippen LogP contribution >= 0.6 is 15.9 Å². The fourth-order valence-corrected chi connectivity index (χ4v) is 1.66. The lowest BCUT2D eigenvalue weighted by molar-refractivity contribution is -0.276. The molecule has 1 rings (SSSR count). The number of aromatic amines is 1. The average Bonchev–Trinajstić information content (AvgIpc) is 2.19. The van der Waals surface area contributed by atoms with Crippen LogP contribution in [0, 0.1) is 11.3 Å². The van der Waals surface area contributed by atoms with Gasteiger partial charge in [0.25, 0.3) is 0 Å². The molecular weight excluding hydrogens is 305 g/mol. The second-order valence-corrected chi connectivity index (χ2v) is 3.53. The minimum absolute atomic E-state index is 0.119. The summed E-state index contributed by atoms with van der Waals surface area (Å²) in [4.78, 5) is 13.8. The lowest BCUT2D eigenvalue weighted by Gasteiger charge is -2.11. The summed E-state index contributed by atoms with van der Waals surface area (Å²) in [7, 11) is 0. The number of pyridine rings is 1. The molecule has 1 aromatic heterocycles. The van der Waals surface area contributed by atoms with Crippen LogP contribution in [0.3, 0.4) is 0 Å². The van der Waals surface area contributed by atoms with Gasteiger partial charge in [-0.1, -0.05) is 15.9 Å². The summed E-state index contributed by atoms with van der Waals surface area (Å²) in [6, 6.07) is 2.44.